The predicted molar refractivity (Wildman–Crippen MR) is 124 cm³/mol. The first-order chi connectivity index (χ1) is 16.7. The molecule has 1 fully saturated rings. The molecule has 172 valence electrons. The Morgan fingerprint density at radius 1 is 0.941 bits per heavy atom. The van der Waals surface area contributed by atoms with Gasteiger partial charge in [0.2, 0.25) is 5.88 Å². The van der Waals surface area contributed by atoms with E-state index in [1.54, 1.807) is 48.7 Å². The van der Waals surface area contributed by atoms with Crippen LogP contribution in [-0.4, -0.2) is 55.7 Å². The number of benzene rings is 1. The maximum Gasteiger partial charge on any atom is 0.255 e. The molecule has 1 aliphatic rings. The molecule has 0 atom stereocenters. The van der Waals surface area contributed by atoms with Crippen LogP contribution in [0.3, 0.4) is 0 Å². The lowest BCUT2D eigenvalue weighted by atomic mass is 9.93. The van der Waals surface area contributed by atoms with Crippen LogP contribution in [0, 0.1) is 0 Å². The number of likely N-dealkylation sites (tertiary alicyclic amines) is 1. The highest BCUT2D eigenvalue weighted by atomic mass is 16.5. The maximum absolute atomic E-state index is 13.0. The molecule has 1 aliphatic heterocycles. The zero-order chi connectivity index (χ0) is 23.3. The lowest BCUT2D eigenvalue weighted by Gasteiger charge is -2.32. The van der Waals surface area contributed by atoms with Crippen LogP contribution < -0.4 is 9.47 Å². The van der Waals surface area contributed by atoms with Gasteiger partial charge in [-0.1, -0.05) is 12.1 Å². The summed E-state index contributed by atoms with van der Waals surface area (Å²) in [5, 5.41) is 4.16. The number of hydrogen-bond acceptors (Lipinski definition) is 7. The van der Waals surface area contributed by atoms with Gasteiger partial charge >= 0.3 is 0 Å². The third kappa shape index (κ3) is 4.45. The van der Waals surface area contributed by atoms with E-state index in [-0.39, 0.29) is 11.8 Å². The van der Waals surface area contributed by atoms with Crippen molar-refractivity contribution in [3.05, 3.63) is 84.7 Å². The Balaban J connectivity index is 1.25. The third-order valence-electron chi connectivity index (χ3n) is 5.87. The minimum atomic E-state index is -0.0254. The van der Waals surface area contributed by atoms with E-state index >= 15 is 0 Å². The number of carbonyl (C=O) groups is 1. The first-order valence-corrected chi connectivity index (χ1v) is 11.1. The fraction of sp³-hybridized carbons (Fsp3) is 0.240. The van der Waals surface area contributed by atoms with E-state index in [0.29, 0.717) is 41.8 Å². The Bertz CT molecular complexity index is 1250. The number of hydrogen-bond donors (Lipinski definition) is 0. The summed E-state index contributed by atoms with van der Waals surface area (Å²) in [6.45, 7) is 1.24. The Labute approximate surface area is 197 Å². The molecule has 4 heterocycles. The molecular formula is C25H24N6O3. The van der Waals surface area contributed by atoms with Gasteiger partial charge in [-0.2, -0.15) is 5.10 Å². The summed E-state index contributed by atoms with van der Waals surface area (Å²) in [5.41, 5.74) is 1.36. The van der Waals surface area contributed by atoms with E-state index in [4.69, 9.17) is 9.47 Å². The monoisotopic (exact) mass is 456 g/mol. The lowest BCUT2D eigenvalue weighted by molar-refractivity contribution is 0.0711. The molecular weight excluding hydrogens is 432 g/mol. The van der Waals surface area contributed by atoms with Gasteiger partial charge in [0, 0.05) is 50.0 Å². The summed E-state index contributed by atoms with van der Waals surface area (Å²) in [5.74, 6) is 2.48. The van der Waals surface area contributed by atoms with E-state index in [1.807, 2.05) is 41.4 Å². The van der Waals surface area contributed by atoms with Gasteiger partial charge in [-0.05, 0) is 43.2 Å². The summed E-state index contributed by atoms with van der Waals surface area (Å²) in [4.78, 5) is 28.2. The van der Waals surface area contributed by atoms with Crippen LogP contribution in [0.4, 0.5) is 0 Å². The van der Waals surface area contributed by atoms with Gasteiger partial charge in [0.25, 0.3) is 5.91 Å². The predicted octanol–water partition coefficient (Wildman–Crippen LogP) is 3.88. The zero-order valence-electron chi connectivity index (χ0n) is 18.7. The van der Waals surface area contributed by atoms with Crippen molar-refractivity contribution in [2.75, 3.05) is 20.2 Å². The van der Waals surface area contributed by atoms with Gasteiger partial charge in [0.15, 0.2) is 17.3 Å². The molecule has 0 spiro atoms. The maximum atomic E-state index is 13.0. The molecule has 1 saturated heterocycles. The normalized spacial score (nSPS) is 14.1. The first kappa shape index (κ1) is 21.6. The van der Waals surface area contributed by atoms with E-state index in [9.17, 15) is 4.79 Å². The van der Waals surface area contributed by atoms with Crippen molar-refractivity contribution in [1.82, 2.24) is 29.6 Å². The molecule has 0 unspecified atom stereocenters. The quantitative estimate of drug-likeness (QED) is 0.434. The van der Waals surface area contributed by atoms with Crippen LogP contribution in [-0.2, 0) is 0 Å². The second kappa shape index (κ2) is 9.70. The average molecular weight is 457 g/mol. The molecule has 9 nitrogen and oxygen atoms in total. The smallest absolute Gasteiger partial charge is 0.255 e. The van der Waals surface area contributed by atoms with Crippen LogP contribution in [0.5, 0.6) is 17.4 Å². The number of ether oxygens (including phenoxy) is 2. The number of aromatic nitrogens is 5. The summed E-state index contributed by atoms with van der Waals surface area (Å²) in [7, 11) is 1.60. The molecule has 1 aromatic carbocycles. The second-order valence-corrected chi connectivity index (χ2v) is 7.92. The van der Waals surface area contributed by atoms with E-state index in [1.165, 1.54) is 0 Å². The molecule has 0 N–H and O–H groups in total. The second-order valence-electron chi connectivity index (χ2n) is 7.92. The standard InChI is InChI=1S/C25H24N6O3/c1-33-20-5-2-3-6-21(20)34-24-23(26-12-13-27-24)18-9-15-30(16-10-18)25(32)19-7-8-22(28-17-19)31-14-4-11-29-31/h2-8,11-14,17-18H,9-10,15-16H2,1H3. The van der Waals surface area contributed by atoms with Crippen molar-refractivity contribution in [3.63, 3.8) is 0 Å². The largest absolute Gasteiger partial charge is 0.493 e. The molecule has 0 radical (unpaired) electrons. The van der Waals surface area contributed by atoms with Crippen molar-refractivity contribution in [1.29, 1.82) is 0 Å². The first-order valence-electron chi connectivity index (χ1n) is 11.1. The number of nitrogens with zero attached hydrogens (tertiary/aromatic N) is 6. The Kier molecular flexibility index (Phi) is 6.15. The van der Waals surface area contributed by atoms with Gasteiger partial charge in [-0.25, -0.2) is 14.6 Å². The number of methoxy groups -OCH3 is 1. The van der Waals surface area contributed by atoms with E-state index in [0.717, 1.165) is 18.5 Å². The summed E-state index contributed by atoms with van der Waals surface area (Å²) < 4.78 is 13.1. The highest BCUT2D eigenvalue weighted by Crippen LogP contribution is 2.36. The summed E-state index contributed by atoms with van der Waals surface area (Å²) >= 11 is 0. The highest BCUT2D eigenvalue weighted by Gasteiger charge is 2.28. The van der Waals surface area contributed by atoms with Gasteiger partial charge in [-0.15, -0.1) is 0 Å². The van der Waals surface area contributed by atoms with Crippen LogP contribution in [0.25, 0.3) is 5.82 Å². The Hall–Kier alpha value is -4.27. The molecule has 1 amide bonds. The summed E-state index contributed by atoms with van der Waals surface area (Å²) in [6.07, 6.45) is 9.94. The lowest BCUT2D eigenvalue weighted by Crippen LogP contribution is -2.38. The minimum Gasteiger partial charge on any atom is -0.493 e. The van der Waals surface area contributed by atoms with Crippen LogP contribution in [0.2, 0.25) is 0 Å². The van der Waals surface area contributed by atoms with Crippen LogP contribution in [0.1, 0.15) is 34.8 Å². The number of pyridine rings is 1. The van der Waals surface area contributed by atoms with Crippen molar-refractivity contribution in [3.8, 4) is 23.2 Å². The van der Waals surface area contributed by atoms with Gasteiger partial charge in [-0.3, -0.25) is 9.78 Å². The minimum absolute atomic E-state index is 0.0254. The molecule has 34 heavy (non-hydrogen) atoms. The van der Waals surface area contributed by atoms with Gasteiger partial charge in [0.1, 0.15) is 5.69 Å². The van der Waals surface area contributed by atoms with Crippen molar-refractivity contribution in [2.24, 2.45) is 0 Å². The summed E-state index contributed by atoms with van der Waals surface area (Å²) in [6, 6.07) is 12.9. The van der Waals surface area contributed by atoms with E-state index in [2.05, 4.69) is 20.1 Å². The molecule has 3 aromatic heterocycles. The number of amides is 1. The Morgan fingerprint density at radius 2 is 1.74 bits per heavy atom. The Morgan fingerprint density at radius 3 is 2.44 bits per heavy atom. The van der Waals surface area contributed by atoms with E-state index < -0.39 is 0 Å². The van der Waals surface area contributed by atoms with Crippen molar-refractivity contribution in [2.45, 2.75) is 18.8 Å². The topological polar surface area (TPSA) is 95.3 Å². The molecule has 0 saturated carbocycles. The van der Waals surface area contributed by atoms with Gasteiger partial charge < -0.3 is 14.4 Å². The van der Waals surface area contributed by atoms with Crippen molar-refractivity contribution < 1.29 is 14.3 Å². The number of piperidine rings is 1. The molecule has 9 heteroatoms. The molecule has 0 bridgehead atoms. The zero-order valence-corrected chi connectivity index (χ0v) is 18.7. The highest BCUT2D eigenvalue weighted by molar-refractivity contribution is 5.94. The number of carbonyl (C=O) groups excluding carboxylic acids is 1. The van der Waals surface area contributed by atoms with Crippen molar-refractivity contribution >= 4 is 5.91 Å². The average Bonchev–Trinajstić information content (AvgIpc) is 3.44. The fourth-order valence-corrected chi connectivity index (χ4v) is 4.09. The fourth-order valence-electron chi connectivity index (χ4n) is 4.09. The number of para-hydroxylation sites is 2. The third-order valence-corrected chi connectivity index (χ3v) is 5.87. The molecule has 0 aliphatic carbocycles. The van der Waals surface area contributed by atoms with Crippen LogP contribution >= 0.6 is 0 Å². The number of rotatable bonds is 6. The van der Waals surface area contributed by atoms with Gasteiger partial charge in [0.05, 0.1) is 12.7 Å². The molecule has 4 aromatic rings. The molecule has 5 rings (SSSR count). The van der Waals surface area contributed by atoms with Crippen LogP contribution in [0.15, 0.2) is 73.4 Å². The SMILES string of the molecule is COc1ccccc1Oc1nccnc1C1CCN(C(=O)c2ccc(-n3cccn3)nc2)CC1.